The first-order valence-electron chi connectivity index (χ1n) is 5.42. The number of aliphatic hydroxyl groups is 1. The highest BCUT2D eigenvalue weighted by Crippen LogP contribution is 2.44. The van der Waals surface area contributed by atoms with Gasteiger partial charge in [0.05, 0.1) is 27.1 Å². The fraction of sp³-hybridized carbons (Fsp3) is 0.385. The molecule has 0 atom stereocenters. The summed E-state index contributed by atoms with van der Waals surface area (Å²) in [4.78, 5) is 0. The van der Waals surface area contributed by atoms with Gasteiger partial charge in [-0.25, -0.2) is 0 Å². The summed E-state index contributed by atoms with van der Waals surface area (Å²) in [6, 6.07) is 1.85. The van der Waals surface area contributed by atoms with Crippen molar-refractivity contribution in [2.75, 3.05) is 21.3 Å². The third-order valence-electron chi connectivity index (χ3n) is 2.92. The zero-order valence-electron chi connectivity index (χ0n) is 10.2. The second-order valence-corrected chi connectivity index (χ2v) is 3.85. The molecule has 0 bridgehead atoms. The number of hydrogen-bond donors (Lipinski definition) is 1. The van der Waals surface area contributed by atoms with Crippen molar-refractivity contribution in [3.63, 3.8) is 0 Å². The van der Waals surface area contributed by atoms with Crippen molar-refractivity contribution in [3.8, 4) is 17.2 Å². The van der Waals surface area contributed by atoms with Gasteiger partial charge in [-0.15, -0.1) is 0 Å². The van der Waals surface area contributed by atoms with Crippen LogP contribution >= 0.6 is 0 Å². The van der Waals surface area contributed by atoms with Crippen molar-refractivity contribution in [1.82, 2.24) is 0 Å². The monoisotopic (exact) mass is 236 g/mol. The van der Waals surface area contributed by atoms with Gasteiger partial charge in [0.15, 0.2) is 11.5 Å². The number of methoxy groups -OCH3 is 3. The number of ether oxygens (including phenoxy) is 3. The molecule has 0 amide bonds. The van der Waals surface area contributed by atoms with Crippen LogP contribution in [0.3, 0.4) is 0 Å². The van der Waals surface area contributed by atoms with Crippen LogP contribution in [-0.2, 0) is 6.42 Å². The summed E-state index contributed by atoms with van der Waals surface area (Å²) in [5, 5.41) is 9.56. The molecule has 0 radical (unpaired) electrons. The summed E-state index contributed by atoms with van der Waals surface area (Å²) < 4.78 is 16.0. The van der Waals surface area contributed by atoms with Gasteiger partial charge >= 0.3 is 0 Å². The zero-order valence-corrected chi connectivity index (χ0v) is 10.2. The van der Waals surface area contributed by atoms with E-state index in [0.717, 1.165) is 17.5 Å². The first-order valence-corrected chi connectivity index (χ1v) is 5.42. The maximum atomic E-state index is 9.56. The number of hydrogen-bond acceptors (Lipinski definition) is 4. The molecule has 0 heterocycles. The summed E-state index contributed by atoms with van der Waals surface area (Å²) >= 11 is 0. The van der Waals surface area contributed by atoms with E-state index < -0.39 is 0 Å². The fourth-order valence-electron chi connectivity index (χ4n) is 2.13. The number of benzene rings is 1. The van der Waals surface area contributed by atoms with Crippen molar-refractivity contribution in [2.45, 2.75) is 12.8 Å². The minimum atomic E-state index is 0.381. The van der Waals surface area contributed by atoms with E-state index in [0.29, 0.717) is 29.4 Å². The molecule has 1 N–H and O–H groups in total. The minimum absolute atomic E-state index is 0.381. The lowest BCUT2D eigenvalue weighted by atomic mass is 9.94. The van der Waals surface area contributed by atoms with Gasteiger partial charge in [-0.2, -0.15) is 0 Å². The minimum Gasteiger partial charge on any atom is -0.512 e. The van der Waals surface area contributed by atoms with E-state index in [4.69, 9.17) is 14.2 Å². The Hall–Kier alpha value is -1.84. The van der Waals surface area contributed by atoms with Gasteiger partial charge in [-0.3, -0.25) is 0 Å². The molecule has 0 aromatic heterocycles. The number of aliphatic hydroxyl groups excluding tert-OH is 1. The van der Waals surface area contributed by atoms with Crippen molar-refractivity contribution in [3.05, 3.63) is 23.0 Å². The lowest BCUT2D eigenvalue weighted by Crippen LogP contribution is -2.05. The van der Waals surface area contributed by atoms with Crippen LogP contribution < -0.4 is 14.2 Å². The van der Waals surface area contributed by atoms with Crippen LogP contribution in [0.1, 0.15) is 17.5 Å². The third-order valence-corrected chi connectivity index (χ3v) is 2.92. The van der Waals surface area contributed by atoms with Gasteiger partial charge in [0.25, 0.3) is 0 Å². The Morgan fingerprint density at radius 1 is 1.00 bits per heavy atom. The van der Waals surface area contributed by atoms with Gasteiger partial charge in [-0.1, -0.05) is 0 Å². The van der Waals surface area contributed by atoms with Gasteiger partial charge < -0.3 is 19.3 Å². The molecule has 0 saturated carbocycles. The van der Waals surface area contributed by atoms with Crippen molar-refractivity contribution < 1.29 is 19.3 Å². The average molecular weight is 236 g/mol. The van der Waals surface area contributed by atoms with Crippen molar-refractivity contribution >= 4 is 6.08 Å². The smallest absolute Gasteiger partial charge is 0.203 e. The Morgan fingerprint density at radius 3 is 2.29 bits per heavy atom. The Kier molecular flexibility index (Phi) is 3.13. The number of fused-ring (bicyclic) bond motifs is 1. The van der Waals surface area contributed by atoms with Crippen LogP contribution in [-0.4, -0.2) is 26.4 Å². The van der Waals surface area contributed by atoms with E-state index in [1.807, 2.05) is 6.07 Å². The molecule has 0 saturated heterocycles. The van der Waals surface area contributed by atoms with Crippen molar-refractivity contribution in [2.24, 2.45) is 0 Å². The second kappa shape index (κ2) is 4.57. The second-order valence-electron chi connectivity index (χ2n) is 3.85. The highest BCUT2D eigenvalue weighted by atomic mass is 16.5. The molecule has 4 heteroatoms. The zero-order chi connectivity index (χ0) is 12.4. The van der Waals surface area contributed by atoms with Crippen LogP contribution in [0.15, 0.2) is 11.8 Å². The standard InChI is InChI=1S/C13H16O4/c1-15-11-7-8-6-9(14)4-5-10(8)12(16-2)13(11)17-3/h6-7,14H,4-5H2,1-3H3. The van der Waals surface area contributed by atoms with Gasteiger partial charge in [0.2, 0.25) is 5.75 Å². The van der Waals surface area contributed by atoms with Gasteiger partial charge in [0, 0.05) is 12.0 Å². The molecule has 1 aromatic carbocycles. The molecule has 17 heavy (non-hydrogen) atoms. The van der Waals surface area contributed by atoms with Crippen LogP contribution in [0.2, 0.25) is 0 Å². The summed E-state index contributed by atoms with van der Waals surface area (Å²) in [6.07, 6.45) is 3.10. The van der Waals surface area contributed by atoms with E-state index in [1.165, 1.54) is 0 Å². The molecule has 0 spiro atoms. The highest BCUT2D eigenvalue weighted by Gasteiger charge is 2.22. The van der Waals surface area contributed by atoms with E-state index in [9.17, 15) is 5.11 Å². The number of allylic oxidation sites excluding steroid dienone is 1. The summed E-state index contributed by atoms with van der Waals surface area (Å²) in [5.41, 5.74) is 1.96. The molecular formula is C13H16O4. The maximum Gasteiger partial charge on any atom is 0.203 e. The lowest BCUT2D eigenvalue weighted by Gasteiger charge is -2.20. The number of rotatable bonds is 3. The molecule has 0 unspecified atom stereocenters. The van der Waals surface area contributed by atoms with E-state index in [-0.39, 0.29) is 0 Å². The maximum absolute atomic E-state index is 9.56. The topological polar surface area (TPSA) is 47.9 Å². The lowest BCUT2D eigenvalue weighted by molar-refractivity contribution is 0.320. The average Bonchev–Trinajstić information content (AvgIpc) is 2.35. The predicted molar refractivity (Wildman–Crippen MR) is 65.0 cm³/mol. The van der Waals surface area contributed by atoms with Crippen LogP contribution in [0, 0.1) is 0 Å². The van der Waals surface area contributed by atoms with Crippen LogP contribution in [0.5, 0.6) is 17.2 Å². The normalized spacial score (nSPS) is 13.7. The van der Waals surface area contributed by atoms with Gasteiger partial charge in [-0.05, 0) is 24.1 Å². The molecular weight excluding hydrogens is 220 g/mol. The molecule has 1 aliphatic rings. The Balaban J connectivity index is 2.66. The van der Waals surface area contributed by atoms with Crippen LogP contribution in [0.25, 0.3) is 6.08 Å². The largest absolute Gasteiger partial charge is 0.512 e. The molecule has 0 fully saturated rings. The van der Waals surface area contributed by atoms with E-state index in [2.05, 4.69) is 0 Å². The summed E-state index contributed by atoms with van der Waals surface area (Å²) in [5.74, 6) is 2.27. The fourth-order valence-corrected chi connectivity index (χ4v) is 2.13. The predicted octanol–water partition coefficient (Wildman–Crippen LogP) is 2.56. The molecule has 0 aliphatic heterocycles. The van der Waals surface area contributed by atoms with Gasteiger partial charge in [0.1, 0.15) is 0 Å². The quantitative estimate of drug-likeness (QED) is 0.876. The summed E-state index contributed by atoms with van der Waals surface area (Å²) in [6.45, 7) is 0. The molecule has 92 valence electrons. The molecule has 1 aliphatic carbocycles. The Morgan fingerprint density at radius 2 is 1.71 bits per heavy atom. The molecule has 4 nitrogen and oxygen atoms in total. The first kappa shape index (κ1) is 11.6. The van der Waals surface area contributed by atoms with Crippen molar-refractivity contribution in [1.29, 1.82) is 0 Å². The van der Waals surface area contributed by atoms with Crippen LogP contribution in [0.4, 0.5) is 0 Å². The van der Waals surface area contributed by atoms with E-state index >= 15 is 0 Å². The Bertz CT molecular complexity index is 463. The Labute approximate surface area is 100 Å². The SMILES string of the molecule is COc1cc2c(c(OC)c1OC)CCC(O)=C2. The highest BCUT2D eigenvalue weighted by molar-refractivity contribution is 5.69. The first-order chi connectivity index (χ1) is 8.21. The van der Waals surface area contributed by atoms with E-state index in [1.54, 1.807) is 27.4 Å². The third kappa shape index (κ3) is 1.90. The molecule has 2 rings (SSSR count). The molecule has 1 aromatic rings. The summed E-state index contributed by atoms with van der Waals surface area (Å²) in [7, 11) is 4.77.